The Balaban J connectivity index is 2.50. The molecule has 0 radical (unpaired) electrons. The van der Waals surface area contributed by atoms with Crippen LogP contribution in [0.2, 0.25) is 0 Å². The van der Waals surface area contributed by atoms with Gasteiger partial charge in [0.05, 0.1) is 22.9 Å². The van der Waals surface area contributed by atoms with Crippen molar-refractivity contribution in [3.8, 4) is 5.82 Å². The lowest BCUT2D eigenvalue weighted by atomic mass is 10.2. The number of carboxylic acids is 1. The average Bonchev–Trinajstić information content (AvgIpc) is 2.87. The third-order valence-corrected chi connectivity index (χ3v) is 2.47. The molecule has 0 spiro atoms. The van der Waals surface area contributed by atoms with Gasteiger partial charge in [-0.15, -0.1) is 4.68 Å². The Bertz CT molecular complexity index is 650. The third-order valence-electron chi connectivity index (χ3n) is 2.47. The van der Waals surface area contributed by atoms with Gasteiger partial charge in [0.25, 0.3) is 0 Å². The number of aromatic carboxylic acids is 1. The summed E-state index contributed by atoms with van der Waals surface area (Å²) in [5, 5.41) is 23.3. The predicted molar refractivity (Wildman–Crippen MR) is 64.4 cm³/mol. The standard InChI is InChI=1S/C11H10N4O4/c1-2-8-5-7(11(16)17)6-10(12-8)14-4-3-9(13-14)15(18)19/h3-6H,2H2,1H3,(H,16,17). The minimum atomic E-state index is -1.08. The van der Waals surface area contributed by atoms with Crippen molar-refractivity contribution in [2.75, 3.05) is 0 Å². The van der Waals surface area contributed by atoms with Gasteiger partial charge in [-0.3, -0.25) is 0 Å². The maximum Gasteiger partial charge on any atom is 0.390 e. The van der Waals surface area contributed by atoms with E-state index in [4.69, 9.17) is 5.11 Å². The zero-order valence-corrected chi connectivity index (χ0v) is 9.98. The van der Waals surface area contributed by atoms with Crippen LogP contribution in [0.15, 0.2) is 24.4 Å². The predicted octanol–water partition coefficient (Wildman–Crippen LogP) is 1.44. The summed E-state index contributed by atoms with van der Waals surface area (Å²) in [6.45, 7) is 1.84. The molecule has 0 bridgehead atoms. The van der Waals surface area contributed by atoms with Crippen LogP contribution in [0.3, 0.4) is 0 Å². The van der Waals surface area contributed by atoms with Gasteiger partial charge in [0.2, 0.25) is 0 Å². The minimum Gasteiger partial charge on any atom is -0.478 e. The Morgan fingerprint density at radius 2 is 2.26 bits per heavy atom. The van der Waals surface area contributed by atoms with Crippen LogP contribution in [-0.4, -0.2) is 30.8 Å². The van der Waals surface area contributed by atoms with E-state index in [0.717, 1.165) is 0 Å². The molecule has 0 saturated heterocycles. The molecule has 1 N–H and O–H groups in total. The summed E-state index contributed by atoms with van der Waals surface area (Å²) in [5.41, 5.74) is 0.646. The molecular weight excluding hydrogens is 252 g/mol. The van der Waals surface area contributed by atoms with Crippen molar-refractivity contribution >= 4 is 11.8 Å². The van der Waals surface area contributed by atoms with Crippen molar-refractivity contribution < 1.29 is 14.8 Å². The Morgan fingerprint density at radius 3 is 2.79 bits per heavy atom. The van der Waals surface area contributed by atoms with E-state index in [1.807, 2.05) is 6.92 Å². The molecule has 2 aromatic rings. The lowest BCUT2D eigenvalue weighted by Crippen LogP contribution is -2.06. The molecule has 0 aliphatic heterocycles. The Labute approximate surface area is 107 Å². The van der Waals surface area contributed by atoms with Crippen LogP contribution < -0.4 is 0 Å². The first-order valence-electron chi connectivity index (χ1n) is 5.46. The molecule has 0 aliphatic rings. The molecule has 0 amide bonds. The van der Waals surface area contributed by atoms with Gasteiger partial charge < -0.3 is 15.2 Å². The minimum absolute atomic E-state index is 0.0694. The molecular formula is C11H10N4O4. The first-order chi connectivity index (χ1) is 9.01. The number of nitro groups is 1. The molecule has 0 fully saturated rings. The van der Waals surface area contributed by atoms with E-state index in [1.54, 1.807) is 0 Å². The van der Waals surface area contributed by atoms with E-state index in [9.17, 15) is 14.9 Å². The van der Waals surface area contributed by atoms with Gasteiger partial charge in [-0.05, 0) is 23.5 Å². The van der Waals surface area contributed by atoms with Crippen molar-refractivity contribution in [1.29, 1.82) is 0 Å². The van der Waals surface area contributed by atoms with Crippen molar-refractivity contribution in [3.05, 3.63) is 45.8 Å². The van der Waals surface area contributed by atoms with E-state index in [2.05, 4.69) is 10.1 Å². The van der Waals surface area contributed by atoms with E-state index in [1.165, 1.54) is 29.1 Å². The molecule has 19 heavy (non-hydrogen) atoms. The molecule has 0 atom stereocenters. The molecule has 0 unspecified atom stereocenters. The molecule has 2 rings (SSSR count). The van der Waals surface area contributed by atoms with Crippen LogP contribution >= 0.6 is 0 Å². The van der Waals surface area contributed by atoms with Crippen molar-refractivity contribution in [3.63, 3.8) is 0 Å². The summed E-state index contributed by atoms with van der Waals surface area (Å²) in [4.78, 5) is 25.1. The number of rotatable bonds is 4. The number of hydrogen-bond donors (Lipinski definition) is 1. The number of aromatic nitrogens is 3. The highest BCUT2D eigenvalue weighted by molar-refractivity contribution is 5.88. The van der Waals surface area contributed by atoms with Crippen molar-refractivity contribution in [2.24, 2.45) is 0 Å². The summed E-state index contributed by atoms with van der Waals surface area (Å²) in [6, 6.07) is 4.00. The number of nitrogens with zero attached hydrogens (tertiary/aromatic N) is 4. The molecule has 8 heteroatoms. The molecule has 2 heterocycles. The van der Waals surface area contributed by atoms with Gasteiger partial charge in [-0.1, -0.05) is 6.92 Å². The van der Waals surface area contributed by atoms with Crippen LogP contribution in [-0.2, 0) is 6.42 Å². The fraction of sp³-hybridized carbons (Fsp3) is 0.182. The first kappa shape index (κ1) is 12.7. The van der Waals surface area contributed by atoms with E-state index < -0.39 is 10.9 Å². The number of carbonyl (C=O) groups is 1. The van der Waals surface area contributed by atoms with E-state index in [0.29, 0.717) is 12.1 Å². The second kappa shape index (κ2) is 4.84. The highest BCUT2D eigenvalue weighted by Crippen LogP contribution is 2.13. The van der Waals surface area contributed by atoms with Gasteiger partial charge in [0, 0.05) is 5.69 Å². The van der Waals surface area contributed by atoms with Gasteiger partial charge in [0.1, 0.15) is 0 Å². The Hall–Kier alpha value is -2.77. The molecule has 0 aliphatic carbocycles. The van der Waals surface area contributed by atoms with Crippen LogP contribution in [0, 0.1) is 10.1 Å². The van der Waals surface area contributed by atoms with E-state index in [-0.39, 0.29) is 17.2 Å². The Morgan fingerprint density at radius 1 is 1.53 bits per heavy atom. The highest BCUT2D eigenvalue weighted by Gasteiger charge is 2.15. The summed E-state index contributed by atoms with van der Waals surface area (Å²) >= 11 is 0. The van der Waals surface area contributed by atoms with E-state index >= 15 is 0 Å². The number of pyridine rings is 1. The molecule has 0 saturated carbocycles. The SMILES string of the molecule is CCc1cc(C(=O)O)cc(-n2ccc([N+](=O)[O-])n2)n1. The summed E-state index contributed by atoms with van der Waals surface area (Å²) < 4.78 is 1.18. The van der Waals surface area contributed by atoms with Crippen LogP contribution in [0.5, 0.6) is 0 Å². The summed E-state index contributed by atoms with van der Waals surface area (Å²) in [7, 11) is 0. The topological polar surface area (TPSA) is 111 Å². The van der Waals surface area contributed by atoms with Crippen molar-refractivity contribution in [2.45, 2.75) is 13.3 Å². The molecule has 0 aromatic carbocycles. The number of hydrogen-bond acceptors (Lipinski definition) is 5. The molecule has 98 valence electrons. The third kappa shape index (κ3) is 2.57. The van der Waals surface area contributed by atoms with Gasteiger partial charge >= 0.3 is 11.8 Å². The highest BCUT2D eigenvalue weighted by atomic mass is 16.6. The van der Waals surface area contributed by atoms with Crippen LogP contribution in [0.4, 0.5) is 5.82 Å². The average molecular weight is 262 g/mol. The fourth-order valence-electron chi connectivity index (χ4n) is 1.53. The molecule has 8 nitrogen and oxygen atoms in total. The van der Waals surface area contributed by atoms with Gasteiger partial charge in [-0.25, -0.2) is 9.78 Å². The number of carboxylic acid groups (broad SMARTS) is 1. The Kier molecular flexibility index (Phi) is 3.23. The fourth-order valence-corrected chi connectivity index (χ4v) is 1.53. The zero-order valence-electron chi connectivity index (χ0n) is 9.98. The summed E-state index contributed by atoms with van der Waals surface area (Å²) in [6.07, 6.45) is 1.92. The lowest BCUT2D eigenvalue weighted by molar-refractivity contribution is -0.389. The normalized spacial score (nSPS) is 10.4. The van der Waals surface area contributed by atoms with Crippen LogP contribution in [0.25, 0.3) is 5.82 Å². The second-order valence-corrected chi connectivity index (χ2v) is 3.74. The number of aryl methyl sites for hydroxylation is 1. The second-order valence-electron chi connectivity index (χ2n) is 3.74. The lowest BCUT2D eigenvalue weighted by Gasteiger charge is -2.02. The zero-order chi connectivity index (χ0) is 14.0. The largest absolute Gasteiger partial charge is 0.478 e. The smallest absolute Gasteiger partial charge is 0.390 e. The van der Waals surface area contributed by atoms with Crippen LogP contribution in [0.1, 0.15) is 23.0 Å². The maximum atomic E-state index is 11.0. The molecule has 2 aromatic heterocycles. The van der Waals surface area contributed by atoms with Crippen molar-refractivity contribution in [1.82, 2.24) is 14.8 Å². The maximum absolute atomic E-state index is 11.0. The monoisotopic (exact) mass is 262 g/mol. The first-order valence-corrected chi connectivity index (χ1v) is 5.46. The van der Waals surface area contributed by atoms with Gasteiger partial charge in [0.15, 0.2) is 5.82 Å². The quantitative estimate of drug-likeness (QED) is 0.659. The summed E-state index contributed by atoms with van der Waals surface area (Å²) in [5.74, 6) is -1.16. The van der Waals surface area contributed by atoms with Gasteiger partial charge in [-0.2, -0.15) is 0 Å².